The first-order valence-corrected chi connectivity index (χ1v) is 6.17. The van der Waals surface area contributed by atoms with E-state index in [1.807, 2.05) is 0 Å². The summed E-state index contributed by atoms with van der Waals surface area (Å²) in [5, 5.41) is 12.8. The molecule has 0 amide bonds. The molecule has 0 aromatic carbocycles. The molecule has 7 heteroatoms. The minimum Gasteiger partial charge on any atom is -0.452 e. The first kappa shape index (κ1) is 16.2. The van der Waals surface area contributed by atoms with Crippen molar-refractivity contribution in [3.63, 3.8) is 0 Å². The van der Waals surface area contributed by atoms with Crippen LogP contribution in [0.4, 0.5) is 4.79 Å². The molecule has 112 valence electrons. The fourth-order valence-electron chi connectivity index (χ4n) is 1.18. The number of aliphatic hydroxyl groups is 1. The van der Waals surface area contributed by atoms with Crippen LogP contribution >= 0.6 is 0 Å². The average Bonchev–Trinajstić information content (AvgIpc) is 2.75. The van der Waals surface area contributed by atoms with Gasteiger partial charge in [0.15, 0.2) is 5.69 Å². The second-order valence-electron chi connectivity index (χ2n) is 5.93. The SMILES string of the molecule is CC(C)(C)OC(=O)n1ccc(C(=O)OC(C)(C)CO)n1. The summed E-state index contributed by atoms with van der Waals surface area (Å²) in [7, 11) is 0. The average molecular weight is 284 g/mol. The van der Waals surface area contributed by atoms with E-state index in [0.29, 0.717) is 0 Å². The van der Waals surface area contributed by atoms with E-state index in [9.17, 15) is 9.59 Å². The number of hydrogen-bond acceptors (Lipinski definition) is 6. The molecular weight excluding hydrogens is 264 g/mol. The number of aliphatic hydroxyl groups excluding tert-OH is 1. The summed E-state index contributed by atoms with van der Waals surface area (Å²) in [5.74, 6) is -0.716. The Labute approximate surface area is 117 Å². The van der Waals surface area contributed by atoms with Gasteiger partial charge in [0.25, 0.3) is 0 Å². The highest BCUT2D eigenvalue weighted by Crippen LogP contribution is 2.12. The van der Waals surface area contributed by atoms with Gasteiger partial charge in [-0.25, -0.2) is 9.59 Å². The fourth-order valence-corrected chi connectivity index (χ4v) is 1.18. The highest BCUT2D eigenvalue weighted by atomic mass is 16.6. The number of carbonyl (C=O) groups is 2. The quantitative estimate of drug-likeness (QED) is 0.848. The van der Waals surface area contributed by atoms with Crippen LogP contribution in [0, 0.1) is 0 Å². The van der Waals surface area contributed by atoms with E-state index < -0.39 is 23.3 Å². The number of nitrogens with zero attached hydrogens (tertiary/aromatic N) is 2. The monoisotopic (exact) mass is 284 g/mol. The molecule has 1 heterocycles. The minimum absolute atomic E-state index is 0.0302. The molecule has 0 aliphatic carbocycles. The van der Waals surface area contributed by atoms with E-state index in [-0.39, 0.29) is 12.3 Å². The van der Waals surface area contributed by atoms with Gasteiger partial charge >= 0.3 is 12.1 Å². The molecule has 0 fully saturated rings. The van der Waals surface area contributed by atoms with Crippen LogP contribution in [0.3, 0.4) is 0 Å². The van der Waals surface area contributed by atoms with Gasteiger partial charge in [-0.2, -0.15) is 9.78 Å². The Hall–Kier alpha value is -1.89. The van der Waals surface area contributed by atoms with E-state index in [2.05, 4.69) is 5.10 Å². The molecule has 1 aromatic heterocycles. The molecule has 0 aliphatic rings. The number of esters is 1. The van der Waals surface area contributed by atoms with E-state index >= 15 is 0 Å². The maximum absolute atomic E-state index is 11.8. The van der Waals surface area contributed by atoms with Gasteiger partial charge in [-0.15, -0.1) is 0 Å². The second-order valence-corrected chi connectivity index (χ2v) is 5.93. The molecule has 20 heavy (non-hydrogen) atoms. The van der Waals surface area contributed by atoms with Gasteiger partial charge in [0.1, 0.15) is 11.2 Å². The van der Waals surface area contributed by atoms with E-state index in [1.165, 1.54) is 12.3 Å². The van der Waals surface area contributed by atoms with Crippen molar-refractivity contribution in [2.24, 2.45) is 0 Å². The minimum atomic E-state index is -1.01. The van der Waals surface area contributed by atoms with Crippen molar-refractivity contribution in [2.75, 3.05) is 6.61 Å². The summed E-state index contributed by atoms with van der Waals surface area (Å²) in [6.45, 7) is 8.01. The van der Waals surface area contributed by atoms with Crippen LogP contribution in [-0.4, -0.2) is 44.8 Å². The Morgan fingerprint density at radius 1 is 1.25 bits per heavy atom. The zero-order valence-electron chi connectivity index (χ0n) is 12.3. The van der Waals surface area contributed by atoms with Crippen molar-refractivity contribution in [1.29, 1.82) is 0 Å². The molecule has 7 nitrogen and oxygen atoms in total. The first-order valence-electron chi connectivity index (χ1n) is 6.17. The van der Waals surface area contributed by atoms with E-state index in [0.717, 1.165) is 4.68 Å². The summed E-state index contributed by atoms with van der Waals surface area (Å²) >= 11 is 0. The van der Waals surface area contributed by atoms with Crippen LogP contribution in [0.1, 0.15) is 45.1 Å². The van der Waals surface area contributed by atoms with Gasteiger partial charge in [0.2, 0.25) is 0 Å². The molecule has 0 bridgehead atoms. The summed E-state index contributed by atoms with van der Waals surface area (Å²) < 4.78 is 11.1. The number of aromatic nitrogens is 2. The summed E-state index contributed by atoms with van der Waals surface area (Å²) in [5.41, 5.74) is -1.69. The van der Waals surface area contributed by atoms with Gasteiger partial charge < -0.3 is 14.6 Å². The van der Waals surface area contributed by atoms with Crippen molar-refractivity contribution >= 4 is 12.1 Å². The number of carbonyl (C=O) groups excluding carboxylic acids is 2. The topological polar surface area (TPSA) is 90.7 Å². The maximum Gasteiger partial charge on any atom is 0.435 e. The lowest BCUT2D eigenvalue weighted by molar-refractivity contribution is -0.0270. The van der Waals surface area contributed by atoms with Gasteiger partial charge in [0.05, 0.1) is 6.61 Å². The number of hydrogen-bond donors (Lipinski definition) is 1. The third kappa shape index (κ3) is 4.65. The Balaban J connectivity index is 2.77. The Morgan fingerprint density at radius 3 is 2.35 bits per heavy atom. The summed E-state index contributed by atoms with van der Waals surface area (Å²) in [6, 6.07) is 1.35. The fraction of sp³-hybridized carbons (Fsp3) is 0.615. The van der Waals surface area contributed by atoms with E-state index in [4.69, 9.17) is 14.6 Å². The van der Waals surface area contributed by atoms with Crippen LogP contribution in [0.25, 0.3) is 0 Å². The van der Waals surface area contributed by atoms with Crippen molar-refractivity contribution < 1.29 is 24.2 Å². The molecule has 0 unspecified atom stereocenters. The standard InChI is InChI=1S/C13H20N2O5/c1-12(2,3)20-11(18)15-7-6-9(14-15)10(17)19-13(4,5)8-16/h6-7,16H,8H2,1-5H3. The van der Waals surface area contributed by atoms with Crippen LogP contribution < -0.4 is 0 Å². The van der Waals surface area contributed by atoms with Crippen LogP contribution in [0.5, 0.6) is 0 Å². The third-order valence-electron chi connectivity index (χ3n) is 2.13. The number of ether oxygens (including phenoxy) is 2. The lowest BCUT2D eigenvalue weighted by atomic mass is 10.1. The van der Waals surface area contributed by atoms with E-state index in [1.54, 1.807) is 34.6 Å². The van der Waals surface area contributed by atoms with Gasteiger partial charge in [-0.3, -0.25) is 0 Å². The molecular formula is C13H20N2O5. The lowest BCUT2D eigenvalue weighted by Gasteiger charge is -2.21. The van der Waals surface area contributed by atoms with Crippen molar-refractivity contribution in [2.45, 2.75) is 45.8 Å². The molecule has 1 rings (SSSR count). The normalized spacial score (nSPS) is 12.1. The molecule has 0 spiro atoms. The zero-order valence-corrected chi connectivity index (χ0v) is 12.3. The molecule has 0 saturated heterocycles. The Bertz CT molecular complexity index is 499. The third-order valence-corrected chi connectivity index (χ3v) is 2.13. The molecule has 1 aromatic rings. The molecule has 1 N–H and O–H groups in total. The van der Waals surface area contributed by atoms with Gasteiger partial charge in [-0.1, -0.05) is 0 Å². The molecule has 0 radical (unpaired) electrons. The van der Waals surface area contributed by atoms with Crippen LogP contribution in [0.2, 0.25) is 0 Å². The highest BCUT2D eigenvalue weighted by molar-refractivity contribution is 5.88. The predicted molar refractivity (Wildman–Crippen MR) is 70.4 cm³/mol. The zero-order chi connectivity index (χ0) is 15.6. The lowest BCUT2D eigenvalue weighted by Crippen LogP contribution is -2.32. The smallest absolute Gasteiger partial charge is 0.435 e. The van der Waals surface area contributed by atoms with Crippen LogP contribution in [0.15, 0.2) is 12.3 Å². The molecule has 0 atom stereocenters. The Morgan fingerprint density at radius 2 is 1.85 bits per heavy atom. The molecule has 0 saturated carbocycles. The summed E-state index contributed by atoms with van der Waals surface area (Å²) in [6.07, 6.45) is 0.634. The highest BCUT2D eigenvalue weighted by Gasteiger charge is 2.25. The molecule has 0 aliphatic heterocycles. The van der Waals surface area contributed by atoms with Crippen molar-refractivity contribution in [3.05, 3.63) is 18.0 Å². The first-order chi connectivity index (χ1) is 9.04. The van der Waals surface area contributed by atoms with Gasteiger partial charge in [0, 0.05) is 6.20 Å². The van der Waals surface area contributed by atoms with Crippen LogP contribution in [-0.2, 0) is 9.47 Å². The van der Waals surface area contributed by atoms with Gasteiger partial charge in [-0.05, 0) is 40.7 Å². The summed E-state index contributed by atoms with van der Waals surface area (Å²) in [4.78, 5) is 23.5. The predicted octanol–water partition coefficient (Wildman–Crippen LogP) is 1.59. The largest absolute Gasteiger partial charge is 0.452 e. The Kier molecular flexibility index (Phi) is 4.54. The number of rotatable bonds is 3. The maximum atomic E-state index is 11.8. The van der Waals surface area contributed by atoms with Crippen molar-refractivity contribution in [1.82, 2.24) is 9.78 Å². The second kappa shape index (κ2) is 5.62. The van der Waals surface area contributed by atoms with Crippen molar-refractivity contribution in [3.8, 4) is 0 Å².